The van der Waals surface area contributed by atoms with Gasteiger partial charge in [0.2, 0.25) is 0 Å². The van der Waals surface area contributed by atoms with Gasteiger partial charge in [-0.3, -0.25) is 4.79 Å². The number of hydrogen-bond acceptors (Lipinski definition) is 6. The van der Waals surface area contributed by atoms with E-state index in [1.807, 2.05) is 0 Å². The SMILES string of the molecule is CC#CC(=O)N1CCC[C@H](n2nc(-c3ccc(Oc4ccc(F)cc4F)cc3)c3c(N)ncnc32)C1. The van der Waals surface area contributed by atoms with Gasteiger partial charge in [0.25, 0.3) is 5.91 Å². The number of carbonyl (C=O) groups excluding carboxylic acids is 1. The maximum absolute atomic E-state index is 14.0. The van der Waals surface area contributed by atoms with Gasteiger partial charge >= 0.3 is 0 Å². The quantitative estimate of drug-likeness (QED) is 0.429. The molecule has 1 saturated heterocycles. The molecule has 1 atom stereocenters. The first kappa shape index (κ1) is 23.2. The first-order valence-electron chi connectivity index (χ1n) is 11.4. The van der Waals surface area contributed by atoms with Crippen LogP contribution in [-0.4, -0.2) is 43.6 Å². The summed E-state index contributed by atoms with van der Waals surface area (Å²) >= 11 is 0. The zero-order valence-electron chi connectivity index (χ0n) is 19.4. The van der Waals surface area contributed by atoms with E-state index in [1.165, 1.54) is 12.4 Å². The summed E-state index contributed by atoms with van der Waals surface area (Å²) in [5, 5.41) is 5.44. The van der Waals surface area contributed by atoms with E-state index in [2.05, 4.69) is 21.8 Å². The Labute approximate surface area is 205 Å². The Morgan fingerprint density at radius 1 is 1.17 bits per heavy atom. The van der Waals surface area contributed by atoms with Gasteiger partial charge in [-0.05, 0) is 62.1 Å². The van der Waals surface area contributed by atoms with Crippen LogP contribution in [0.2, 0.25) is 0 Å². The Morgan fingerprint density at radius 2 is 1.97 bits per heavy atom. The van der Waals surface area contributed by atoms with E-state index in [9.17, 15) is 13.6 Å². The van der Waals surface area contributed by atoms with E-state index in [0.29, 0.717) is 35.6 Å². The number of benzene rings is 2. The number of fused-ring (bicyclic) bond motifs is 1. The van der Waals surface area contributed by atoms with Crippen LogP contribution in [0.3, 0.4) is 0 Å². The number of nitrogens with zero attached hydrogens (tertiary/aromatic N) is 5. The van der Waals surface area contributed by atoms with Gasteiger partial charge in [0, 0.05) is 24.7 Å². The van der Waals surface area contributed by atoms with Crippen molar-refractivity contribution < 1.29 is 18.3 Å². The number of likely N-dealkylation sites (tertiary alicyclic amines) is 1. The molecule has 10 heteroatoms. The second-order valence-corrected chi connectivity index (χ2v) is 8.37. The molecule has 0 bridgehead atoms. The van der Waals surface area contributed by atoms with Crippen LogP contribution in [-0.2, 0) is 4.79 Å². The molecule has 0 spiro atoms. The molecule has 1 aliphatic heterocycles. The predicted octanol–water partition coefficient (Wildman–Crippen LogP) is 4.33. The number of anilines is 1. The Kier molecular flexibility index (Phi) is 6.21. The topological polar surface area (TPSA) is 99.2 Å². The second kappa shape index (κ2) is 9.62. The molecule has 1 fully saturated rings. The van der Waals surface area contributed by atoms with Crippen LogP contribution in [0.25, 0.3) is 22.3 Å². The number of nitrogens with two attached hydrogens (primary N) is 1. The van der Waals surface area contributed by atoms with Gasteiger partial charge in [-0.25, -0.2) is 23.4 Å². The second-order valence-electron chi connectivity index (χ2n) is 8.37. The van der Waals surface area contributed by atoms with Crippen LogP contribution in [0.4, 0.5) is 14.6 Å². The minimum absolute atomic E-state index is 0.0827. The highest BCUT2D eigenvalue weighted by Crippen LogP contribution is 2.35. The highest BCUT2D eigenvalue weighted by Gasteiger charge is 2.28. The molecule has 182 valence electrons. The molecular formula is C26H22F2N6O2. The fourth-order valence-corrected chi connectivity index (χ4v) is 4.34. The summed E-state index contributed by atoms with van der Waals surface area (Å²) in [4.78, 5) is 22.7. The number of nitrogen functional groups attached to an aromatic ring is 1. The van der Waals surface area contributed by atoms with Gasteiger partial charge in [-0.1, -0.05) is 5.92 Å². The zero-order chi connectivity index (χ0) is 25.2. The highest BCUT2D eigenvalue weighted by atomic mass is 19.1. The summed E-state index contributed by atoms with van der Waals surface area (Å²) in [7, 11) is 0. The molecule has 36 heavy (non-hydrogen) atoms. The number of carbonyl (C=O) groups is 1. The van der Waals surface area contributed by atoms with Gasteiger partial charge in [-0.2, -0.15) is 5.10 Å². The lowest BCUT2D eigenvalue weighted by Gasteiger charge is -2.31. The lowest BCUT2D eigenvalue weighted by atomic mass is 10.1. The molecule has 1 amide bonds. The third-order valence-electron chi connectivity index (χ3n) is 6.03. The van der Waals surface area contributed by atoms with Crippen molar-refractivity contribution in [3.8, 4) is 34.6 Å². The van der Waals surface area contributed by atoms with E-state index < -0.39 is 11.6 Å². The predicted molar refractivity (Wildman–Crippen MR) is 130 cm³/mol. The van der Waals surface area contributed by atoms with E-state index in [0.717, 1.165) is 30.5 Å². The smallest absolute Gasteiger partial charge is 0.298 e. The molecule has 4 aromatic rings. The number of halogens is 2. The molecule has 0 unspecified atom stereocenters. The van der Waals surface area contributed by atoms with E-state index in [4.69, 9.17) is 15.6 Å². The van der Waals surface area contributed by atoms with Crippen molar-refractivity contribution in [2.24, 2.45) is 0 Å². The molecule has 0 saturated carbocycles. The fraction of sp³-hybridized carbons (Fsp3) is 0.231. The first-order valence-corrected chi connectivity index (χ1v) is 11.4. The van der Waals surface area contributed by atoms with E-state index in [-0.39, 0.29) is 23.5 Å². The van der Waals surface area contributed by atoms with Crippen LogP contribution in [0.1, 0.15) is 25.8 Å². The average molecular weight is 488 g/mol. The van der Waals surface area contributed by atoms with Crippen molar-refractivity contribution in [3.63, 3.8) is 0 Å². The van der Waals surface area contributed by atoms with Crippen LogP contribution >= 0.6 is 0 Å². The Bertz CT molecular complexity index is 1510. The third kappa shape index (κ3) is 4.43. The number of piperidine rings is 1. The molecule has 2 aromatic carbocycles. The Balaban J connectivity index is 1.48. The number of hydrogen-bond donors (Lipinski definition) is 1. The number of rotatable bonds is 4. The fourth-order valence-electron chi connectivity index (χ4n) is 4.34. The molecule has 5 rings (SSSR count). The lowest BCUT2D eigenvalue weighted by molar-refractivity contribution is -0.126. The number of ether oxygens (including phenoxy) is 1. The summed E-state index contributed by atoms with van der Waals surface area (Å²) in [6.45, 7) is 2.74. The number of aromatic nitrogens is 4. The van der Waals surface area contributed by atoms with E-state index >= 15 is 0 Å². The average Bonchev–Trinajstić information content (AvgIpc) is 3.27. The first-order chi connectivity index (χ1) is 17.4. The summed E-state index contributed by atoms with van der Waals surface area (Å²) in [5.41, 5.74) is 8.12. The van der Waals surface area contributed by atoms with Crippen molar-refractivity contribution in [2.45, 2.75) is 25.8 Å². The van der Waals surface area contributed by atoms with Crippen molar-refractivity contribution in [2.75, 3.05) is 18.8 Å². The minimum atomic E-state index is -0.793. The molecular weight excluding hydrogens is 466 g/mol. The van der Waals surface area contributed by atoms with Gasteiger partial charge in [-0.15, -0.1) is 0 Å². The molecule has 2 N–H and O–H groups in total. The maximum Gasteiger partial charge on any atom is 0.298 e. The Hall–Kier alpha value is -4.52. The molecule has 8 nitrogen and oxygen atoms in total. The third-order valence-corrected chi connectivity index (χ3v) is 6.03. The standard InChI is InChI=1S/C26H22F2N6O2/c1-2-4-22(35)33-12-3-5-18(14-33)34-26-23(25(29)30-15-31-26)24(32-34)16-6-9-19(10-7-16)36-21-11-8-17(27)13-20(21)28/h6-11,13,15,18H,3,5,12,14H2,1H3,(H2,29,30,31)/t18-/m0/s1. The minimum Gasteiger partial charge on any atom is -0.454 e. The summed E-state index contributed by atoms with van der Waals surface area (Å²) in [5.74, 6) is 4.16. The molecule has 1 aliphatic rings. The molecule has 0 aliphatic carbocycles. The zero-order valence-corrected chi connectivity index (χ0v) is 19.4. The van der Waals surface area contributed by atoms with Crippen LogP contribution in [0, 0.1) is 23.5 Å². The van der Waals surface area contributed by atoms with E-state index in [1.54, 1.807) is 40.8 Å². The summed E-state index contributed by atoms with van der Waals surface area (Å²) < 4.78 is 34.5. The van der Waals surface area contributed by atoms with Gasteiger partial charge in [0.15, 0.2) is 17.2 Å². The highest BCUT2D eigenvalue weighted by molar-refractivity contribution is 5.98. The molecule has 3 heterocycles. The van der Waals surface area contributed by atoms with Crippen LogP contribution in [0.15, 0.2) is 48.8 Å². The van der Waals surface area contributed by atoms with Crippen molar-refractivity contribution >= 4 is 22.8 Å². The Morgan fingerprint density at radius 3 is 2.72 bits per heavy atom. The monoisotopic (exact) mass is 488 g/mol. The van der Waals surface area contributed by atoms with Gasteiger partial charge < -0.3 is 15.4 Å². The number of amides is 1. The van der Waals surface area contributed by atoms with Crippen molar-refractivity contribution in [3.05, 3.63) is 60.4 Å². The largest absolute Gasteiger partial charge is 0.454 e. The van der Waals surface area contributed by atoms with Gasteiger partial charge in [0.05, 0.1) is 11.4 Å². The normalized spacial score (nSPS) is 15.4. The summed E-state index contributed by atoms with van der Waals surface area (Å²) in [6.07, 6.45) is 3.02. The van der Waals surface area contributed by atoms with Gasteiger partial charge in [0.1, 0.15) is 29.4 Å². The van der Waals surface area contributed by atoms with Crippen molar-refractivity contribution in [1.29, 1.82) is 0 Å². The maximum atomic E-state index is 14.0. The van der Waals surface area contributed by atoms with Crippen LogP contribution in [0.5, 0.6) is 11.5 Å². The lowest BCUT2D eigenvalue weighted by Crippen LogP contribution is -2.40. The van der Waals surface area contributed by atoms with Crippen molar-refractivity contribution in [1.82, 2.24) is 24.6 Å². The molecule has 0 radical (unpaired) electrons. The van der Waals surface area contributed by atoms with Crippen LogP contribution < -0.4 is 10.5 Å². The molecule has 2 aromatic heterocycles. The summed E-state index contributed by atoms with van der Waals surface area (Å²) in [6, 6.07) is 9.88.